The Morgan fingerprint density at radius 2 is 2.24 bits per heavy atom. The van der Waals surface area contributed by atoms with Crippen molar-refractivity contribution in [2.75, 3.05) is 27.3 Å². The molecule has 0 spiro atoms. The Kier molecular flexibility index (Phi) is 4.82. The van der Waals surface area contributed by atoms with E-state index < -0.39 is 6.10 Å². The Hall–Kier alpha value is -2.05. The minimum atomic E-state index is -0.927. The van der Waals surface area contributed by atoms with Crippen molar-refractivity contribution in [3.63, 3.8) is 0 Å². The molecule has 2 N–H and O–H groups in total. The van der Waals surface area contributed by atoms with Gasteiger partial charge in [-0.25, -0.2) is 0 Å². The standard InChI is InChI=1S/C15H19NO5/c1-16(7-11(18)8-17)15(19)5-10-9-21-14-6-12(20-2)3-4-13(10)14/h3-4,6,9,11,17-18H,5,7-8H2,1-2H3/t11-/m0/s1. The number of fused-ring (bicyclic) bond motifs is 1. The first-order valence-electron chi connectivity index (χ1n) is 6.62. The van der Waals surface area contributed by atoms with Crippen LogP contribution in [0.25, 0.3) is 11.0 Å². The van der Waals surface area contributed by atoms with Crippen molar-refractivity contribution in [2.24, 2.45) is 0 Å². The van der Waals surface area contributed by atoms with Crippen molar-refractivity contribution in [1.29, 1.82) is 0 Å². The van der Waals surface area contributed by atoms with E-state index in [1.165, 1.54) is 4.90 Å². The highest BCUT2D eigenvalue weighted by atomic mass is 16.5. The number of carbonyl (C=O) groups is 1. The molecule has 1 aromatic carbocycles. The average Bonchev–Trinajstić information content (AvgIpc) is 2.89. The molecule has 2 rings (SSSR count). The first kappa shape index (κ1) is 15.3. The Labute approximate surface area is 122 Å². The number of methoxy groups -OCH3 is 1. The van der Waals surface area contributed by atoms with Crippen LogP contribution < -0.4 is 4.74 Å². The van der Waals surface area contributed by atoms with Crippen LogP contribution in [0.4, 0.5) is 0 Å². The maximum Gasteiger partial charge on any atom is 0.226 e. The lowest BCUT2D eigenvalue weighted by Crippen LogP contribution is -2.36. The number of rotatable bonds is 6. The topological polar surface area (TPSA) is 83.1 Å². The van der Waals surface area contributed by atoms with E-state index in [9.17, 15) is 9.90 Å². The van der Waals surface area contributed by atoms with Gasteiger partial charge in [-0.05, 0) is 12.1 Å². The summed E-state index contributed by atoms with van der Waals surface area (Å²) < 4.78 is 10.6. The highest BCUT2D eigenvalue weighted by molar-refractivity contribution is 5.88. The van der Waals surface area contributed by atoms with Crippen molar-refractivity contribution in [3.05, 3.63) is 30.0 Å². The molecule has 0 aliphatic carbocycles. The second kappa shape index (κ2) is 6.60. The summed E-state index contributed by atoms with van der Waals surface area (Å²) in [5.41, 5.74) is 1.44. The molecular formula is C15H19NO5. The zero-order valence-corrected chi connectivity index (χ0v) is 12.1. The molecule has 2 aromatic rings. The molecule has 1 atom stereocenters. The maximum absolute atomic E-state index is 12.1. The van der Waals surface area contributed by atoms with Gasteiger partial charge in [0.25, 0.3) is 0 Å². The van der Waals surface area contributed by atoms with Gasteiger partial charge in [-0.15, -0.1) is 0 Å². The van der Waals surface area contributed by atoms with Crippen LogP contribution in [0, 0.1) is 0 Å². The minimum Gasteiger partial charge on any atom is -0.497 e. The molecule has 0 aliphatic rings. The van der Waals surface area contributed by atoms with Crippen molar-refractivity contribution in [1.82, 2.24) is 4.90 Å². The van der Waals surface area contributed by atoms with Gasteiger partial charge >= 0.3 is 0 Å². The fourth-order valence-corrected chi connectivity index (χ4v) is 2.10. The number of carbonyl (C=O) groups excluding carboxylic acids is 1. The van der Waals surface area contributed by atoms with Gasteiger partial charge in [-0.1, -0.05) is 0 Å². The summed E-state index contributed by atoms with van der Waals surface area (Å²) in [5.74, 6) is 0.541. The summed E-state index contributed by atoms with van der Waals surface area (Å²) in [6, 6.07) is 5.43. The highest BCUT2D eigenvalue weighted by Crippen LogP contribution is 2.26. The predicted molar refractivity (Wildman–Crippen MR) is 77.2 cm³/mol. The Bertz CT molecular complexity index is 622. The van der Waals surface area contributed by atoms with Gasteiger partial charge < -0.3 is 24.3 Å². The second-order valence-corrected chi connectivity index (χ2v) is 4.91. The quantitative estimate of drug-likeness (QED) is 0.823. The van der Waals surface area contributed by atoms with Crippen LogP contribution in [-0.4, -0.2) is 54.4 Å². The van der Waals surface area contributed by atoms with Crippen molar-refractivity contribution in [3.8, 4) is 5.75 Å². The lowest BCUT2D eigenvalue weighted by molar-refractivity contribution is -0.130. The zero-order valence-electron chi connectivity index (χ0n) is 12.1. The number of nitrogens with zero attached hydrogens (tertiary/aromatic N) is 1. The van der Waals surface area contributed by atoms with Crippen LogP contribution in [0.3, 0.4) is 0 Å². The molecule has 0 radical (unpaired) electrons. The zero-order chi connectivity index (χ0) is 15.4. The third kappa shape index (κ3) is 3.53. The molecule has 1 aromatic heterocycles. The third-order valence-electron chi connectivity index (χ3n) is 3.33. The Balaban J connectivity index is 2.11. The minimum absolute atomic E-state index is 0.0962. The molecule has 21 heavy (non-hydrogen) atoms. The molecule has 0 saturated carbocycles. The largest absolute Gasteiger partial charge is 0.497 e. The number of hydrogen-bond donors (Lipinski definition) is 2. The normalized spacial score (nSPS) is 12.4. The lowest BCUT2D eigenvalue weighted by atomic mass is 10.1. The molecule has 0 fully saturated rings. The van der Waals surface area contributed by atoms with Gasteiger partial charge in [0.15, 0.2) is 0 Å². The molecule has 114 valence electrons. The van der Waals surface area contributed by atoms with Crippen LogP contribution in [0.5, 0.6) is 5.75 Å². The fraction of sp³-hybridized carbons (Fsp3) is 0.400. The maximum atomic E-state index is 12.1. The first-order chi connectivity index (χ1) is 10.0. The number of ether oxygens (including phenoxy) is 1. The van der Waals surface area contributed by atoms with E-state index in [-0.39, 0.29) is 25.5 Å². The van der Waals surface area contributed by atoms with Gasteiger partial charge in [-0.3, -0.25) is 4.79 Å². The summed E-state index contributed by atoms with van der Waals surface area (Å²) >= 11 is 0. The first-order valence-corrected chi connectivity index (χ1v) is 6.62. The van der Waals surface area contributed by atoms with E-state index >= 15 is 0 Å². The van der Waals surface area contributed by atoms with Crippen LogP contribution in [0.1, 0.15) is 5.56 Å². The van der Waals surface area contributed by atoms with E-state index in [0.29, 0.717) is 11.3 Å². The molecule has 1 heterocycles. The van der Waals surface area contributed by atoms with Crippen LogP contribution in [-0.2, 0) is 11.2 Å². The summed E-state index contributed by atoms with van der Waals surface area (Å²) in [5, 5.41) is 19.0. The number of aliphatic hydroxyl groups is 2. The van der Waals surface area contributed by atoms with E-state index in [1.54, 1.807) is 26.5 Å². The van der Waals surface area contributed by atoms with E-state index in [0.717, 1.165) is 10.9 Å². The molecule has 6 heteroatoms. The van der Waals surface area contributed by atoms with E-state index in [1.807, 2.05) is 12.1 Å². The number of benzene rings is 1. The Morgan fingerprint density at radius 1 is 1.48 bits per heavy atom. The SMILES string of the molecule is COc1ccc2c(CC(=O)N(C)C[C@H](O)CO)coc2c1. The molecule has 1 amide bonds. The van der Waals surface area contributed by atoms with Crippen LogP contribution in [0.15, 0.2) is 28.9 Å². The van der Waals surface area contributed by atoms with Gasteiger partial charge in [-0.2, -0.15) is 0 Å². The number of aliphatic hydroxyl groups excluding tert-OH is 2. The van der Waals surface area contributed by atoms with Gasteiger partial charge in [0.05, 0.1) is 32.5 Å². The van der Waals surface area contributed by atoms with Crippen molar-refractivity contribution < 1.29 is 24.2 Å². The summed E-state index contributed by atoms with van der Waals surface area (Å²) in [7, 11) is 3.17. The van der Waals surface area contributed by atoms with Gasteiger partial charge in [0, 0.05) is 30.6 Å². The third-order valence-corrected chi connectivity index (χ3v) is 3.33. The average molecular weight is 293 g/mol. The lowest BCUT2D eigenvalue weighted by Gasteiger charge is -2.19. The molecule has 0 saturated heterocycles. The number of likely N-dealkylation sites (N-methyl/N-ethyl adjacent to an activating group) is 1. The van der Waals surface area contributed by atoms with Gasteiger partial charge in [0.1, 0.15) is 11.3 Å². The number of hydrogen-bond acceptors (Lipinski definition) is 5. The Morgan fingerprint density at radius 3 is 2.90 bits per heavy atom. The second-order valence-electron chi connectivity index (χ2n) is 4.91. The molecule has 0 aliphatic heterocycles. The smallest absolute Gasteiger partial charge is 0.226 e. The molecular weight excluding hydrogens is 274 g/mol. The van der Waals surface area contributed by atoms with E-state index in [4.69, 9.17) is 14.3 Å². The summed E-state index contributed by atoms with van der Waals surface area (Å²) in [4.78, 5) is 13.5. The van der Waals surface area contributed by atoms with Crippen molar-refractivity contribution in [2.45, 2.75) is 12.5 Å². The molecule has 0 bridgehead atoms. The molecule has 6 nitrogen and oxygen atoms in total. The van der Waals surface area contributed by atoms with Crippen molar-refractivity contribution >= 4 is 16.9 Å². The summed E-state index contributed by atoms with van der Waals surface area (Å²) in [6.45, 7) is -0.273. The van der Waals surface area contributed by atoms with Gasteiger partial charge in [0.2, 0.25) is 5.91 Å². The monoisotopic (exact) mass is 293 g/mol. The number of amides is 1. The van der Waals surface area contributed by atoms with Crippen LogP contribution >= 0.6 is 0 Å². The highest BCUT2D eigenvalue weighted by Gasteiger charge is 2.16. The van der Waals surface area contributed by atoms with Crippen LogP contribution in [0.2, 0.25) is 0 Å². The molecule has 0 unspecified atom stereocenters. The predicted octanol–water partition coefficient (Wildman–Crippen LogP) is 0.796. The van der Waals surface area contributed by atoms with E-state index in [2.05, 4.69) is 0 Å². The number of furan rings is 1. The fourth-order valence-electron chi connectivity index (χ4n) is 2.10. The summed E-state index contributed by atoms with van der Waals surface area (Å²) in [6.07, 6.45) is 0.802.